The van der Waals surface area contributed by atoms with Gasteiger partial charge in [-0.2, -0.15) is 11.3 Å². The van der Waals surface area contributed by atoms with Gasteiger partial charge < -0.3 is 10.0 Å². The highest BCUT2D eigenvalue weighted by Gasteiger charge is 2.26. The molecule has 1 saturated heterocycles. The number of hydrogen-bond donors (Lipinski definition) is 1. The number of thiophene rings is 1. The molecule has 124 valence electrons. The minimum Gasteiger partial charge on any atom is -0.465 e. The summed E-state index contributed by atoms with van der Waals surface area (Å²) in [6.45, 7) is 2.37. The zero-order chi connectivity index (χ0) is 16.9. The van der Waals surface area contributed by atoms with Crippen LogP contribution in [0.3, 0.4) is 0 Å². The topological polar surface area (TPSA) is 43.8 Å². The first kappa shape index (κ1) is 16.8. The van der Waals surface area contributed by atoms with Crippen molar-refractivity contribution in [2.45, 2.75) is 6.04 Å². The smallest absolute Gasteiger partial charge is 0.407 e. The molecule has 0 bridgehead atoms. The summed E-state index contributed by atoms with van der Waals surface area (Å²) in [5.74, 6) is 6.54. The van der Waals surface area contributed by atoms with Crippen LogP contribution in [0.4, 0.5) is 4.79 Å². The Morgan fingerprint density at radius 2 is 2.04 bits per heavy atom. The highest BCUT2D eigenvalue weighted by Crippen LogP contribution is 2.24. The summed E-state index contributed by atoms with van der Waals surface area (Å²) >= 11 is 7.66. The quantitative estimate of drug-likeness (QED) is 0.829. The molecule has 1 amide bonds. The molecule has 1 unspecified atom stereocenters. The molecule has 0 saturated carbocycles. The maximum atomic E-state index is 11.1. The standard InChI is InChI=1S/C18H17ClN2O2S/c19-16-3-1-2-14(12-16)4-5-17(15-6-11-24-13-15)20-7-9-21(10-8-20)18(22)23/h1-3,6,11-13,17H,7-10H2,(H,22,23). The number of carboxylic acid groups (broad SMARTS) is 1. The van der Waals surface area contributed by atoms with Gasteiger partial charge >= 0.3 is 6.09 Å². The zero-order valence-corrected chi connectivity index (χ0v) is 14.6. The summed E-state index contributed by atoms with van der Waals surface area (Å²) in [6, 6.07) is 9.54. The van der Waals surface area contributed by atoms with E-state index in [1.54, 1.807) is 11.3 Å². The van der Waals surface area contributed by atoms with Crippen LogP contribution >= 0.6 is 22.9 Å². The fourth-order valence-electron chi connectivity index (χ4n) is 2.71. The monoisotopic (exact) mass is 360 g/mol. The summed E-state index contributed by atoms with van der Waals surface area (Å²) in [5.41, 5.74) is 2.03. The van der Waals surface area contributed by atoms with Crippen molar-refractivity contribution in [1.82, 2.24) is 9.80 Å². The SMILES string of the molecule is O=C(O)N1CCN(C(C#Cc2cccc(Cl)c2)c2ccsc2)CC1. The highest BCUT2D eigenvalue weighted by molar-refractivity contribution is 7.08. The van der Waals surface area contributed by atoms with Gasteiger partial charge in [-0.25, -0.2) is 4.79 Å². The fourth-order valence-corrected chi connectivity index (χ4v) is 3.57. The van der Waals surface area contributed by atoms with Gasteiger partial charge in [-0.05, 0) is 40.6 Å². The van der Waals surface area contributed by atoms with E-state index < -0.39 is 6.09 Å². The summed E-state index contributed by atoms with van der Waals surface area (Å²) < 4.78 is 0. The van der Waals surface area contributed by atoms with Gasteiger partial charge in [-0.15, -0.1) is 0 Å². The number of nitrogens with zero attached hydrogens (tertiary/aromatic N) is 2. The van der Waals surface area contributed by atoms with E-state index in [1.165, 1.54) is 4.90 Å². The van der Waals surface area contributed by atoms with Crippen LogP contribution in [0.5, 0.6) is 0 Å². The molecule has 0 aliphatic carbocycles. The fraction of sp³-hybridized carbons (Fsp3) is 0.278. The Balaban J connectivity index is 1.80. The van der Waals surface area contributed by atoms with Gasteiger partial charge in [0.2, 0.25) is 0 Å². The third kappa shape index (κ3) is 4.09. The Labute approximate surface area is 150 Å². The van der Waals surface area contributed by atoms with Crippen LogP contribution in [0.25, 0.3) is 0 Å². The second-order valence-corrected chi connectivity index (χ2v) is 6.76. The highest BCUT2D eigenvalue weighted by atomic mass is 35.5. The molecule has 1 aromatic carbocycles. The molecule has 0 radical (unpaired) electrons. The van der Waals surface area contributed by atoms with Crippen molar-refractivity contribution < 1.29 is 9.90 Å². The Morgan fingerprint density at radius 3 is 2.67 bits per heavy atom. The number of piperazine rings is 1. The van der Waals surface area contributed by atoms with Gasteiger partial charge in [0.15, 0.2) is 0 Å². The first-order chi connectivity index (χ1) is 11.6. The van der Waals surface area contributed by atoms with Crippen LogP contribution in [0, 0.1) is 11.8 Å². The summed E-state index contributed by atoms with van der Waals surface area (Å²) in [6.07, 6.45) is -0.855. The maximum Gasteiger partial charge on any atom is 0.407 e. The van der Waals surface area contributed by atoms with Crippen LogP contribution in [0.15, 0.2) is 41.1 Å². The van der Waals surface area contributed by atoms with E-state index in [1.807, 2.05) is 29.6 Å². The average molecular weight is 361 g/mol. The van der Waals surface area contributed by atoms with Crippen molar-refractivity contribution in [2.24, 2.45) is 0 Å². The van der Waals surface area contributed by atoms with E-state index in [0.29, 0.717) is 31.2 Å². The van der Waals surface area contributed by atoms with Crippen LogP contribution in [-0.4, -0.2) is 47.2 Å². The van der Waals surface area contributed by atoms with Crippen molar-refractivity contribution in [3.8, 4) is 11.8 Å². The minimum atomic E-state index is -0.855. The predicted molar refractivity (Wildman–Crippen MR) is 96.6 cm³/mol. The lowest BCUT2D eigenvalue weighted by Gasteiger charge is -2.36. The van der Waals surface area contributed by atoms with Gasteiger partial charge in [0, 0.05) is 36.8 Å². The van der Waals surface area contributed by atoms with Crippen molar-refractivity contribution in [1.29, 1.82) is 0 Å². The number of amides is 1. The second kappa shape index (κ2) is 7.71. The first-order valence-corrected chi connectivity index (χ1v) is 8.97. The van der Waals surface area contributed by atoms with E-state index >= 15 is 0 Å². The Kier molecular flexibility index (Phi) is 5.41. The van der Waals surface area contributed by atoms with Crippen molar-refractivity contribution >= 4 is 29.0 Å². The van der Waals surface area contributed by atoms with E-state index in [2.05, 4.69) is 28.2 Å². The third-order valence-corrected chi connectivity index (χ3v) is 4.92. The average Bonchev–Trinajstić information content (AvgIpc) is 3.10. The van der Waals surface area contributed by atoms with E-state index in [9.17, 15) is 4.79 Å². The number of hydrogen-bond acceptors (Lipinski definition) is 3. The Hall–Kier alpha value is -2.00. The Bertz CT molecular complexity index is 759. The lowest BCUT2D eigenvalue weighted by atomic mass is 10.1. The van der Waals surface area contributed by atoms with Crippen LogP contribution < -0.4 is 0 Å². The van der Waals surface area contributed by atoms with Gasteiger partial charge in [0.1, 0.15) is 0 Å². The normalized spacial score (nSPS) is 16.3. The van der Waals surface area contributed by atoms with Crippen LogP contribution in [0.1, 0.15) is 17.2 Å². The molecular weight excluding hydrogens is 344 g/mol. The van der Waals surface area contributed by atoms with E-state index in [-0.39, 0.29) is 6.04 Å². The van der Waals surface area contributed by atoms with Crippen molar-refractivity contribution in [3.05, 3.63) is 57.2 Å². The molecule has 0 spiro atoms. The first-order valence-electron chi connectivity index (χ1n) is 7.64. The van der Waals surface area contributed by atoms with E-state index in [4.69, 9.17) is 16.7 Å². The summed E-state index contributed by atoms with van der Waals surface area (Å²) in [5, 5.41) is 13.9. The summed E-state index contributed by atoms with van der Waals surface area (Å²) in [4.78, 5) is 14.8. The zero-order valence-electron chi connectivity index (χ0n) is 13.0. The van der Waals surface area contributed by atoms with Crippen LogP contribution in [0.2, 0.25) is 5.02 Å². The number of halogens is 1. The predicted octanol–water partition coefficient (Wildman–Crippen LogP) is 3.79. The number of rotatable bonds is 2. The lowest BCUT2D eigenvalue weighted by Crippen LogP contribution is -2.49. The maximum absolute atomic E-state index is 11.1. The largest absolute Gasteiger partial charge is 0.465 e. The molecule has 3 rings (SSSR count). The second-order valence-electron chi connectivity index (χ2n) is 5.54. The number of benzene rings is 1. The molecule has 4 nitrogen and oxygen atoms in total. The third-order valence-electron chi connectivity index (χ3n) is 3.99. The van der Waals surface area contributed by atoms with Crippen LogP contribution in [-0.2, 0) is 0 Å². The molecule has 1 atom stereocenters. The molecule has 1 aliphatic rings. The molecular formula is C18H17ClN2O2S. The van der Waals surface area contributed by atoms with Crippen molar-refractivity contribution in [3.63, 3.8) is 0 Å². The van der Waals surface area contributed by atoms with Gasteiger partial charge in [0.25, 0.3) is 0 Å². The minimum absolute atomic E-state index is 0.0359. The summed E-state index contributed by atoms with van der Waals surface area (Å²) in [7, 11) is 0. The van der Waals surface area contributed by atoms with Gasteiger partial charge in [0.05, 0.1) is 6.04 Å². The van der Waals surface area contributed by atoms with Gasteiger partial charge in [-0.1, -0.05) is 29.5 Å². The number of carbonyl (C=O) groups is 1. The molecule has 1 fully saturated rings. The molecule has 1 aromatic heterocycles. The molecule has 6 heteroatoms. The molecule has 1 aliphatic heterocycles. The molecule has 1 N–H and O–H groups in total. The van der Waals surface area contributed by atoms with Gasteiger partial charge in [-0.3, -0.25) is 4.90 Å². The lowest BCUT2D eigenvalue weighted by molar-refractivity contribution is 0.0963. The Morgan fingerprint density at radius 1 is 1.25 bits per heavy atom. The molecule has 2 aromatic rings. The van der Waals surface area contributed by atoms with Crippen molar-refractivity contribution in [2.75, 3.05) is 26.2 Å². The molecule has 24 heavy (non-hydrogen) atoms. The molecule has 2 heterocycles. The van der Waals surface area contributed by atoms with E-state index in [0.717, 1.165) is 11.1 Å².